The lowest BCUT2D eigenvalue weighted by Gasteiger charge is -2.36. The second-order valence-electron chi connectivity index (χ2n) is 7.98. The molecule has 5 heteroatoms. The Morgan fingerprint density at radius 1 is 1.11 bits per heavy atom. The van der Waals surface area contributed by atoms with Gasteiger partial charge in [-0.2, -0.15) is 0 Å². The van der Waals surface area contributed by atoms with Gasteiger partial charge in [-0.25, -0.2) is 0 Å². The van der Waals surface area contributed by atoms with E-state index >= 15 is 0 Å². The largest absolute Gasteiger partial charge is 0.475 e. The maximum atomic E-state index is 5.94. The highest BCUT2D eigenvalue weighted by Crippen LogP contribution is 2.20. The van der Waals surface area contributed by atoms with Crippen molar-refractivity contribution in [1.82, 2.24) is 19.6 Å². The van der Waals surface area contributed by atoms with Crippen molar-refractivity contribution in [3.05, 3.63) is 47.7 Å². The third-order valence-corrected chi connectivity index (χ3v) is 6.02. The van der Waals surface area contributed by atoms with Crippen molar-refractivity contribution in [3.8, 4) is 5.88 Å². The average Bonchev–Trinajstić information content (AvgIpc) is 3.12. The highest BCUT2D eigenvalue weighted by atomic mass is 16.5. The van der Waals surface area contributed by atoms with E-state index < -0.39 is 0 Å². The van der Waals surface area contributed by atoms with Crippen molar-refractivity contribution in [1.29, 1.82) is 0 Å². The molecule has 1 fully saturated rings. The zero-order valence-corrected chi connectivity index (χ0v) is 16.5. The molecule has 2 aromatic rings. The summed E-state index contributed by atoms with van der Waals surface area (Å²) < 4.78 is 8.05. The Hall–Kier alpha value is -1.85. The van der Waals surface area contributed by atoms with E-state index in [2.05, 4.69) is 63.0 Å². The van der Waals surface area contributed by atoms with Crippen LogP contribution in [-0.4, -0.2) is 58.9 Å². The molecule has 0 aliphatic carbocycles. The molecular formula is C22H32N4O. The lowest BCUT2D eigenvalue weighted by molar-refractivity contribution is 0.110. The highest BCUT2D eigenvalue weighted by Gasteiger charge is 2.22. The maximum Gasteiger partial charge on any atom is 0.233 e. The number of likely N-dealkylation sites (N-methyl/N-ethyl adjacent to an activating group) is 1. The van der Waals surface area contributed by atoms with Gasteiger partial charge in [-0.3, -0.25) is 14.5 Å². The van der Waals surface area contributed by atoms with Crippen molar-refractivity contribution in [2.75, 3.05) is 33.3 Å². The summed E-state index contributed by atoms with van der Waals surface area (Å²) in [6.07, 6.45) is 6.12. The quantitative estimate of drug-likeness (QED) is 0.752. The van der Waals surface area contributed by atoms with Gasteiger partial charge in [0.15, 0.2) is 0 Å². The third kappa shape index (κ3) is 4.90. The number of ether oxygens (including phenoxy) is 1. The van der Waals surface area contributed by atoms with Crippen LogP contribution < -0.4 is 4.74 Å². The first kappa shape index (κ1) is 18.5. The normalized spacial score (nSPS) is 18.6. The maximum absolute atomic E-state index is 5.94. The van der Waals surface area contributed by atoms with Crippen LogP contribution in [0.2, 0.25) is 0 Å². The van der Waals surface area contributed by atoms with Gasteiger partial charge in [-0.05, 0) is 57.8 Å². The number of piperidine rings is 1. The Kier molecular flexibility index (Phi) is 6.10. The fourth-order valence-electron chi connectivity index (χ4n) is 4.30. The summed E-state index contributed by atoms with van der Waals surface area (Å²) in [5.41, 5.74) is 2.75. The van der Waals surface area contributed by atoms with Crippen LogP contribution in [0.1, 0.15) is 36.9 Å². The number of likely N-dealkylation sites (tertiary alicyclic amines) is 1. The van der Waals surface area contributed by atoms with Gasteiger partial charge in [-0.15, -0.1) is 5.10 Å². The van der Waals surface area contributed by atoms with E-state index in [1.165, 1.54) is 50.0 Å². The SMILES string of the molecule is CN(CCOc1cc2n(n1)CCCC2)C1CCN(Cc2ccccc2)CC1. The molecule has 0 N–H and O–H groups in total. The zero-order valence-electron chi connectivity index (χ0n) is 16.5. The lowest BCUT2D eigenvalue weighted by Crippen LogP contribution is -2.44. The van der Waals surface area contributed by atoms with Gasteiger partial charge in [0.25, 0.3) is 0 Å². The summed E-state index contributed by atoms with van der Waals surface area (Å²) in [5, 5.41) is 4.58. The van der Waals surface area contributed by atoms with E-state index in [9.17, 15) is 0 Å². The fraction of sp³-hybridized carbons (Fsp3) is 0.591. The second-order valence-corrected chi connectivity index (χ2v) is 7.98. The Morgan fingerprint density at radius 2 is 1.93 bits per heavy atom. The molecule has 146 valence electrons. The van der Waals surface area contributed by atoms with Gasteiger partial charge in [0.2, 0.25) is 5.88 Å². The van der Waals surface area contributed by atoms with Gasteiger partial charge in [0, 0.05) is 37.4 Å². The highest BCUT2D eigenvalue weighted by molar-refractivity contribution is 5.17. The van der Waals surface area contributed by atoms with Crippen LogP contribution in [-0.2, 0) is 19.5 Å². The first-order valence-electron chi connectivity index (χ1n) is 10.4. The average molecular weight is 369 g/mol. The number of aromatic nitrogens is 2. The molecule has 0 spiro atoms. The van der Waals surface area contributed by atoms with Crippen molar-refractivity contribution in [2.45, 2.75) is 51.2 Å². The molecule has 1 saturated heterocycles. The number of aryl methyl sites for hydroxylation is 2. The number of nitrogens with zero attached hydrogens (tertiary/aromatic N) is 4. The van der Waals surface area contributed by atoms with E-state index in [0.29, 0.717) is 6.04 Å². The third-order valence-electron chi connectivity index (χ3n) is 6.02. The molecule has 5 nitrogen and oxygen atoms in total. The number of rotatable bonds is 7. The van der Waals surface area contributed by atoms with Gasteiger partial charge in [0.05, 0.1) is 0 Å². The Bertz CT molecular complexity index is 683. The molecule has 0 saturated carbocycles. The van der Waals surface area contributed by atoms with Crippen LogP contribution in [0.25, 0.3) is 0 Å². The van der Waals surface area contributed by atoms with E-state index in [-0.39, 0.29) is 0 Å². The molecule has 0 bridgehead atoms. The summed E-state index contributed by atoms with van der Waals surface area (Å²) >= 11 is 0. The monoisotopic (exact) mass is 368 g/mol. The number of benzene rings is 1. The Balaban J connectivity index is 1.17. The van der Waals surface area contributed by atoms with Crippen molar-refractivity contribution >= 4 is 0 Å². The van der Waals surface area contributed by atoms with Crippen LogP contribution in [0.3, 0.4) is 0 Å². The van der Waals surface area contributed by atoms with Gasteiger partial charge in [-0.1, -0.05) is 30.3 Å². The number of hydrogen-bond donors (Lipinski definition) is 0. The van der Waals surface area contributed by atoms with E-state index in [1.54, 1.807) is 0 Å². The summed E-state index contributed by atoms with van der Waals surface area (Å²) in [4.78, 5) is 5.04. The molecule has 27 heavy (non-hydrogen) atoms. The predicted octanol–water partition coefficient (Wildman–Crippen LogP) is 3.19. The minimum atomic E-state index is 0.663. The van der Waals surface area contributed by atoms with Crippen LogP contribution in [0.15, 0.2) is 36.4 Å². The summed E-state index contributed by atoms with van der Waals surface area (Å²) in [6.45, 7) is 6.16. The van der Waals surface area contributed by atoms with Crippen molar-refractivity contribution in [2.24, 2.45) is 0 Å². The Morgan fingerprint density at radius 3 is 2.70 bits per heavy atom. The fourth-order valence-corrected chi connectivity index (χ4v) is 4.30. The second kappa shape index (κ2) is 8.89. The smallest absolute Gasteiger partial charge is 0.233 e. The van der Waals surface area contributed by atoms with E-state index in [4.69, 9.17) is 4.74 Å². The lowest BCUT2D eigenvalue weighted by atomic mass is 10.0. The summed E-state index contributed by atoms with van der Waals surface area (Å²) in [5.74, 6) is 0.804. The molecule has 3 heterocycles. The summed E-state index contributed by atoms with van der Waals surface area (Å²) in [7, 11) is 2.24. The molecule has 2 aliphatic heterocycles. The van der Waals surface area contributed by atoms with E-state index in [0.717, 1.165) is 38.5 Å². The van der Waals surface area contributed by atoms with Gasteiger partial charge >= 0.3 is 0 Å². The molecule has 0 radical (unpaired) electrons. The van der Waals surface area contributed by atoms with Gasteiger partial charge < -0.3 is 4.74 Å². The van der Waals surface area contributed by atoms with Crippen molar-refractivity contribution < 1.29 is 4.74 Å². The molecule has 2 aliphatic rings. The number of hydrogen-bond acceptors (Lipinski definition) is 4. The van der Waals surface area contributed by atoms with E-state index in [1.807, 2.05) is 0 Å². The predicted molar refractivity (Wildman–Crippen MR) is 108 cm³/mol. The van der Waals surface area contributed by atoms with Crippen LogP contribution >= 0.6 is 0 Å². The molecule has 0 atom stereocenters. The van der Waals surface area contributed by atoms with Crippen LogP contribution in [0, 0.1) is 0 Å². The minimum Gasteiger partial charge on any atom is -0.475 e. The molecule has 0 amide bonds. The van der Waals surface area contributed by atoms with Crippen LogP contribution in [0.5, 0.6) is 5.88 Å². The molecule has 1 aromatic carbocycles. The molecule has 1 aromatic heterocycles. The minimum absolute atomic E-state index is 0.663. The Labute approximate surface area is 162 Å². The zero-order chi connectivity index (χ0) is 18.5. The number of fused-ring (bicyclic) bond motifs is 1. The van der Waals surface area contributed by atoms with Crippen LogP contribution in [0.4, 0.5) is 0 Å². The molecule has 0 unspecified atom stereocenters. The first-order chi connectivity index (χ1) is 13.3. The van der Waals surface area contributed by atoms with Crippen molar-refractivity contribution in [3.63, 3.8) is 0 Å². The standard InChI is InChI=1S/C22H32N4O/c1-24(15-16-27-22-17-21-9-5-6-12-26(21)23-22)20-10-13-25(14-11-20)18-19-7-3-2-4-8-19/h2-4,7-8,17,20H,5-6,9-16,18H2,1H3. The topological polar surface area (TPSA) is 33.5 Å². The first-order valence-corrected chi connectivity index (χ1v) is 10.4. The molecular weight excluding hydrogens is 336 g/mol. The van der Waals surface area contributed by atoms with Gasteiger partial charge in [0.1, 0.15) is 6.61 Å². The summed E-state index contributed by atoms with van der Waals surface area (Å²) in [6, 6.07) is 13.6. The molecule has 4 rings (SSSR count).